The maximum absolute atomic E-state index is 13.9. The minimum atomic E-state index is -0.792. The molecule has 4 heterocycles. The van der Waals surface area contributed by atoms with E-state index in [1.165, 1.54) is 34.8 Å². The number of furan rings is 1. The molecule has 0 spiro atoms. The summed E-state index contributed by atoms with van der Waals surface area (Å²) >= 11 is 6.00. The average molecular weight is 658 g/mol. The van der Waals surface area contributed by atoms with Gasteiger partial charge in [-0.3, -0.25) is 9.36 Å². The van der Waals surface area contributed by atoms with Crippen molar-refractivity contribution in [3.05, 3.63) is 89.0 Å². The van der Waals surface area contributed by atoms with Crippen LogP contribution >= 0.6 is 39.0 Å². The number of ether oxygens (including phenoxy) is 3. The highest BCUT2D eigenvalue weighted by Crippen LogP contribution is 2.37. The molecule has 0 fully saturated rings. The number of thiazole rings is 1. The first-order valence-electron chi connectivity index (χ1n) is 12.4. The number of hydrogen-bond acceptors (Lipinski definition) is 11. The number of esters is 1. The van der Waals surface area contributed by atoms with E-state index in [9.17, 15) is 9.59 Å². The molecule has 10 nitrogen and oxygen atoms in total. The van der Waals surface area contributed by atoms with Crippen LogP contribution in [0.3, 0.4) is 0 Å². The highest BCUT2D eigenvalue weighted by Gasteiger charge is 2.34. The number of benzene rings is 1. The van der Waals surface area contributed by atoms with Crippen LogP contribution in [0.5, 0.6) is 11.5 Å². The van der Waals surface area contributed by atoms with Crippen molar-refractivity contribution in [3.8, 4) is 11.5 Å². The maximum atomic E-state index is 13.9. The number of aryl methyl sites for hydroxylation is 1. The third-order valence-corrected chi connectivity index (χ3v) is 8.85. The first kappa shape index (κ1) is 28.8. The molecule has 3 aromatic heterocycles. The van der Waals surface area contributed by atoms with Crippen LogP contribution in [0.1, 0.15) is 36.9 Å². The van der Waals surface area contributed by atoms with Gasteiger partial charge in [0.15, 0.2) is 26.5 Å². The van der Waals surface area contributed by atoms with Gasteiger partial charge in [-0.15, -0.1) is 0 Å². The Labute approximate surface area is 251 Å². The van der Waals surface area contributed by atoms with E-state index < -0.39 is 12.0 Å². The molecule has 0 saturated carbocycles. The first-order chi connectivity index (χ1) is 19.7. The predicted octanol–water partition coefficient (Wildman–Crippen LogP) is 4.42. The highest BCUT2D eigenvalue weighted by atomic mass is 79.9. The van der Waals surface area contributed by atoms with Crippen LogP contribution in [-0.2, 0) is 9.53 Å². The monoisotopic (exact) mass is 656 g/mol. The van der Waals surface area contributed by atoms with E-state index >= 15 is 0 Å². The van der Waals surface area contributed by atoms with Gasteiger partial charge in [-0.1, -0.05) is 17.4 Å². The van der Waals surface area contributed by atoms with Gasteiger partial charge >= 0.3 is 5.97 Å². The normalized spacial score (nSPS) is 15.0. The van der Waals surface area contributed by atoms with Gasteiger partial charge in [0.2, 0.25) is 0 Å². The zero-order chi connectivity index (χ0) is 29.3. The van der Waals surface area contributed by atoms with Gasteiger partial charge in [0.05, 0.1) is 47.1 Å². The number of allylic oxidation sites excluding steroid dienone is 1. The summed E-state index contributed by atoms with van der Waals surface area (Å²) < 4.78 is 24.9. The van der Waals surface area contributed by atoms with Gasteiger partial charge in [0, 0.05) is 18.0 Å². The molecule has 13 heteroatoms. The average Bonchev–Trinajstić information content (AvgIpc) is 3.44. The molecule has 1 aliphatic heterocycles. The summed E-state index contributed by atoms with van der Waals surface area (Å²) in [5.41, 5.74) is 1.90. The fourth-order valence-electron chi connectivity index (χ4n) is 4.33. The summed E-state index contributed by atoms with van der Waals surface area (Å²) in [6.07, 6.45) is 3.34. The van der Waals surface area contributed by atoms with E-state index in [2.05, 4.69) is 30.9 Å². The molecule has 0 N–H and O–H groups in total. The van der Waals surface area contributed by atoms with E-state index in [-0.39, 0.29) is 17.7 Å². The molecule has 0 amide bonds. The molecule has 0 bridgehead atoms. The van der Waals surface area contributed by atoms with Crippen LogP contribution in [0.15, 0.2) is 76.7 Å². The summed E-state index contributed by atoms with van der Waals surface area (Å²) in [5, 5.41) is 1.10. The fourth-order valence-corrected chi connectivity index (χ4v) is 6.67. The van der Waals surface area contributed by atoms with Gasteiger partial charge in [-0.25, -0.2) is 19.8 Å². The summed E-state index contributed by atoms with van der Waals surface area (Å²) in [7, 11) is 3.07. The second-order valence-electron chi connectivity index (χ2n) is 8.78. The molecule has 5 rings (SSSR count). The van der Waals surface area contributed by atoms with Crippen molar-refractivity contribution in [2.24, 2.45) is 4.99 Å². The summed E-state index contributed by atoms with van der Waals surface area (Å²) in [4.78, 5) is 40.8. The Morgan fingerprint density at radius 1 is 1.20 bits per heavy atom. The van der Waals surface area contributed by atoms with Crippen LogP contribution in [0.25, 0.3) is 6.08 Å². The number of rotatable bonds is 8. The smallest absolute Gasteiger partial charge is 0.338 e. The number of aromatic nitrogens is 3. The van der Waals surface area contributed by atoms with Gasteiger partial charge in [0.25, 0.3) is 5.56 Å². The highest BCUT2D eigenvalue weighted by molar-refractivity contribution is 9.10. The van der Waals surface area contributed by atoms with Crippen molar-refractivity contribution in [2.45, 2.75) is 37.1 Å². The molecule has 1 aromatic carbocycles. The summed E-state index contributed by atoms with van der Waals surface area (Å²) in [5.74, 6) is 0.905. The minimum absolute atomic E-state index is 0.181. The van der Waals surface area contributed by atoms with Crippen molar-refractivity contribution >= 4 is 51.1 Å². The summed E-state index contributed by atoms with van der Waals surface area (Å²) in [6.45, 7) is 5.53. The quantitative estimate of drug-likeness (QED) is 0.201. The second-order valence-corrected chi connectivity index (χ2v) is 11.6. The Balaban J connectivity index is 1.62. The zero-order valence-electron chi connectivity index (χ0n) is 22.8. The Kier molecular flexibility index (Phi) is 8.47. The van der Waals surface area contributed by atoms with Crippen molar-refractivity contribution in [3.63, 3.8) is 0 Å². The molecule has 1 aliphatic rings. The van der Waals surface area contributed by atoms with Gasteiger partial charge < -0.3 is 18.6 Å². The van der Waals surface area contributed by atoms with E-state index in [0.717, 1.165) is 5.69 Å². The third kappa shape index (κ3) is 5.74. The molecule has 0 unspecified atom stereocenters. The number of carbonyl (C=O) groups is 1. The Hall–Kier alpha value is -3.68. The number of halogens is 1. The predicted molar refractivity (Wildman–Crippen MR) is 157 cm³/mol. The Morgan fingerprint density at radius 2 is 1.98 bits per heavy atom. The lowest BCUT2D eigenvalue weighted by Crippen LogP contribution is -2.39. The first-order valence-corrected chi connectivity index (χ1v) is 14.8. The van der Waals surface area contributed by atoms with E-state index in [4.69, 9.17) is 18.6 Å². The second kappa shape index (κ2) is 12.0. The number of nitrogens with zero attached hydrogens (tertiary/aromatic N) is 4. The van der Waals surface area contributed by atoms with E-state index in [0.29, 0.717) is 52.6 Å². The van der Waals surface area contributed by atoms with Crippen molar-refractivity contribution < 1.29 is 23.4 Å². The lowest BCUT2D eigenvalue weighted by molar-refractivity contribution is -0.139. The summed E-state index contributed by atoms with van der Waals surface area (Å²) in [6, 6.07) is 8.08. The van der Waals surface area contributed by atoms with Gasteiger partial charge in [0.1, 0.15) is 5.76 Å². The molecule has 41 heavy (non-hydrogen) atoms. The van der Waals surface area contributed by atoms with Crippen LogP contribution in [-0.4, -0.2) is 41.3 Å². The van der Waals surface area contributed by atoms with Gasteiger partial charge in [-0.05, 0) is 78.3 Å². The molecule has 4 aromatic rings. The topological polar surface area (TPSA) is 118 Å². The van der Waals surface area contributed by atoms with E-state index in [1.807, 2.05) is 13.0 Å². The molecule has 0 radical (unpaired) electrons. The van der Waals surface area contributed by atoms with Crippen LogP contribution in [0, 0.1) is 6.92 Å². The Bertz CT molecular complexity index is 1860. The van der Waals surface area contributed by atoms with Crippen molar-refractivity contribution in [1.29, 1.82) is 0 Å². The molecule has 1 atom stereocenters. The Morgan fingerprint density at radius 3 is 2.68 bits per heavy atom. The number of carbonyl (C=O) groups excluding carboxylic acids is 1. The van der Waals surface area contributed by atoms with Crippen LogP contribution in [0.2, 0.25) is 0 Å². The van der Waals surface area contributed by atoms with Crippen LogP contribution in [0.4, 0.5) is 0 Å². The maximum Gasteiger partial charge on any atom is 0.338 e. The standard InChI is InChI=1S/C28H25BrN4O6S2/c1-6-38-25(35)22-15(3)32-28-33(23(22)16-7-8-19(36-4)20(11-16)37-5)24(34)21(40-28)13-17-12-18(29)26(39-17)41-27-30-10-9-14(2)31-27/h7-13,23H,6H2,1-5H3/b21-13+/t23-/m1/s1. The SMILES string of the molecule is CCOC(=O)C1=C(C)N=c2s/c(=C/c3cc(Br)c(Sc4nccc(C)n4)o3)c(=O)n2[C@@H]1c1ccc(OC)c(OC)c1. The van der Waals surface area contributed by atoms with Crippen LogP contribution < -0.4 is 24.4 Å². The third-order valence-electron chi connectivity index (χ3n) is 6.14. The molecular formula is C28H25BrN4O6S2. The van der Waals surface area contributed by atoms with Crippen molar-refractivity contribution in [2.75, 3.05) is 20.8 Å². The molecule has 0 saturated heterocycles. The number of fused-ring (bicyclic) bond motifs is 1. The minimum Gasteiger partial charge on any atom is -0.493 e. The fraction of sp³-hybridized carbons (Fsp3) is 0.250. The largest absolute Gasteiger partial charge is 0.493 e. The number of hydrogen-bond donors (Lipinski definition) is 0. The van der Waals surface area contributed by atoms with Crippen molar-refractivity contribution in [1.82, 2.24) is 14.5 Å². The van der Waals surface area contributed by atoms with E-state index in [1.54, 1.807) is 57.5 Å². The molecule has 0 aliphatic carbocycles. The lowest BCUT2D eigenvalue weighted by Gasteiger charge is -2.25. The van der Waals surface area contributed by atoms with Gasteiger partial charge in [-0.2, -0.15) is 0 Å². The lowest BCUT2D eigenvalue weighted by atomic mass is 9.95. The molecular weight excluding hydrogens is 632 g/mol. The number of methoxy groups -OCH3 is 2. The molecule has 212 valence electrons. The zero-order valence-corrected chi connectivity index (χ0v) is 26.0.